The number of aliphatic imine (C=N–C) groups is 2. The molecule has 51 heavy (non-hydrogen) atoms. The highest BCUT2D eigenvalue weighted by Crippen LogP contribution is 2.33. The third-order valence-corrected chi connectivity index (χ3v) is 9.65. The van der Waals surface area contributed by atoms with Gasteiger partial charge in [-0.05, 0) is 39.9 Å². The van der Waals surface area contributed by atoms with Crippen molar-refractivity contribution in [3.63, 3.8) is 0 Å². The molecule has 0 spiro atoms. The second-order valence-electron chi connectivity index (χ2n) is 12.8. The summed E-state index contributed by atoms with van der Waals surface area (Å²) in [4.78, 5) is 22.0. The third kappa shape index (κ3) is 5.75. The maximum atomic E-state index is 5.27. The summed E-state index contributed by atoms with van der Waals surface area (Å²) in [6, 6.07) is 57.1. The van der Waals surface area contributed by atoms with E-state index in [1.54, 1.807) is 0 Å². The molecule has 0 radical (unpaired) electrons. The fourth-order valence-corrected chi connectivity index (χ4v) is 6.98. The van der Waals surface area contributed by atoms with E-state index in [-0.39, 0.29) is 6.17 Å². The lowest BCUT2D eigenvalue weighted by Crippen LogP contribution is -2.35. The summed E-state index contributed by atoms with van der Waals surface area (Å²) in [7, 11) is 2.08. The van der Waals surface area contributed by atoms with E-state index >= 15 is 0 Å². The number of amidine groups is 2. The lowest BCUT2D eigenvalue weighted by Gasteiger charge is -2.32. The van der Waals surface area contributed by atoms with Crippen molar-refractivity contribution in [2.24, 2.45) is 9.98 Å². The summed E-state index contributed by atoms with van der Waals surface area (Å²) < 4.78 is 0. The SMILES string of the molecule is CN1C(c2ccc(-c3cccc4cccnc34)cc2)=NC(c2ccc(-c3cccc4cccnc34)cc2)=NC1c1ccc(-c2ccccc2)cc1. The van der Waals surface area contributed by atoms with Crippen LogP contribution in [0.2, 0.25) is 0 Å². The number of para-hydroxylation sites is 2. The van der Waals surface area contributed by atoms with Crippen molar-refractivity contribution < 1.29 is 0 Å². The van der Waals surface area contributed by atoms with Gasteiger partial charge in [-0.2, -0.15) is 0 Å². The molecule has 8 aromatic rings. The van der Waals surface area contributed by atoms with Gasteiger partial charge in [-0.15, -0.1) is 0 Å². The quantitative estimate of drug-likeness (QED) is 0.179. The highest BCUT2D eigenvalue weighted by molar-refractivity contribution is 6.13. The Hall–Kier alpha value is -6.72. The minimum absolute atomic E-state index is 0.263. The first kappa shape index (κ1) is 30.3. The fourth-order valence-electron chi connectivity index (χ4n) is 6.98. The summed E-state index contributed by atoms with van der Waals surface area (Å²) in [6.45, 7) is 0. The Morgan fingerprint density at radius 3 is 1.51 bits per heavy atom. The smallest absolute Gasteiger partial charge is 0.159 e. The number of aromatic nitrogens is 2. The van der Waals surface area contributed by atoms with Crippen molar-refractivity contribution in [1.82, 2.24) is 14.9 Å². The number of benzene rings is 6. The molecule has 1 atom stereocenters. The normalized spacial score (nSPS) is 14.4. The molecule has 0 aliphatic carbocycles. The summed E-state index contributed by atoms with van der Waals surface area (Å²) in [5.74, 6) is 1.56. The third-order valence-electron chi connectivity index (χ3n) is 9.65. The summed E-state index contributed by atoms with van der Waals surface area (Å²) in [5, 5.41) is 2.25. The molecule has 0 bridgehead atoms. The predicted octanol–water partition coefficient (Wildman–Crippen LogP) is 10.6. The molecule has 2 aromatic heterocycles. The first-order valence-corrected chi connectivity index (χ1v) is 17.1. The van der Waals surface area contributed by atoms with E-state index in [1.165, 1.54) is 11.1 Å². The highest BCUT2D eigenvalue weighted by Gasteiger charge is 2.27. The van der Waals surface area contributed by atoms with Gasteiger partial charge < -0.3 is 4.90 Å². The van der Waals surface area contributed by atoms with Crippen LogP contribution in [0.4, 0.5) is 0 Å². The van der Waals surface area contributed by atoms with Crippen LogP contribution in [0.3, 0.4) is 0 Å². The number of hydrogen-bond donors (Lipinski definition) is 0. The predicted molar refractivity (Wildman–Crippen MR) is 210 cm³/mol. The minimum atomic E-state index is -0.263. The zero-order valence-corrected chi connectivity index (χ0v) is 28.1. The van der Waals surface area contributed by atoms with Crippen LogP contribution in [0.1, 0.15) is 22.9 Å². The van der Waals surface area contributed by atoms with Gasteiger partial charge in [0.1, 0.15) is 12.0 Å². The Labute approximate surface area is 297 Å². The Morgan fingerprint density at radius 2 is 0.922 bits per heavy atom. The molecule has 242 valence electrons. The highest BCUT2D eigenvalue weighted by atomic mass is 15.3. The monoisotopic (exact) mass is 655 g/mol. The first-order chi connectivity index (χ1) is 25.2. The second-order valence-corrected chi connectivity index (χ2v) is 12.8. The fraction of sp³-hybridized carbons (Fsp3) is 0.0435. The molecule has 1 aliphatic heterocycles. The molecular formula is C46H33N5. The molecule has 0 saturated carbocycles. The molecule has 0 amide bonds. The lowest BCUT2D eigenvalue weighted by atomic mass is 9.99. The summed E-state index contributed by atoms with van der Waals surface area (Å²) in [6.07, 6.45) is 3.44. The van der Waals surface area contributed by atoms with Gasteiger partial charge in [0.05, 0.1) is 11.0 Å². The van der Waals surface area contributed by atoms with E-state index in [9.17, 15) is 0 Å². The van der Waals surface area contributed by atoms with Gasteiger partial charge in [0.15, 0.2) is 5.84 Å². The number of rotatable bonds is 6. The Morgan fingerprint density at radius 1 is 0.431 bits per heavy atom. The van der Waals surface area contributed by atoms with Gasteiger partial charge in [-0.25, -0.2) is 9.98 Å². The van der Waals surface area contributed by atoms with Gasteiger partial charge in [-0.1, -0.05) is 152 Å². The van der Waals surface area contributed by atoms with Crippen LogP contribution in [0.25, 0.3) is 55.2 Å². The molecule has 0 saturated heterocycles. The average molecular weight is 656 g/mol. The van der Waals surface area contributed by atoms with Crippen LogP contribution >= 0.6 is 0 Å². The second kappa shape index (κ2) is 13.0. The topological polar surface area (TPSA) is 53.7 Å². The number of hydrogen-bond acceptors (Lipinski definition) is 5. The Balaban J connectivity index is 1.10. The molecular weight excluding hydrogens is 623 g/mol. The summed E-state index contributed by atoms with van der Waals surface area (Å²) in [5.41, 5.74) is 11.9. The summed E-state index contributed by atoms with van der Waals surface area (Å²) >= 11 is 0. The maximum absolute atomic E-state index is 5.27. The van der Waals surface area contributed by atoms with Crippen LogP contribution in [-0.4, -0.2) is 33.6 Å². The van der Waals surface area contributed by atoms with Crippen molar-refractivity contribution in [3.05, 3.63) is 193 Å². The lowest BCUT2D eigenvalue weighted by molar-refractivity contribution is 0.383. The zero-order valence-electron chi connectivity index (χ0n) is 28.1. The van der Waals surface area contributed by atoms with E-state index in [0.29, 0.717) is 5.84 Å². The van der Waals surface area contributed by atoms with Gasteiger partial charge in [-0.3, -0.25) is 9.97 Å². The van der Waals surface area contributed by atoms with Gasteiger partial charge >= 0.3 is 0 Å². The molecule has 0 fully saturated rings. The molecule has 3 heterocycles. The molecule has 1 unspecified atom stereocenters. The van der Waals surface area contributed by atoms with E-state index in [1.807, 2.05) is 30.6 Å². The number of fused-ring (bicyclic) bond motifs is 2. The van der Waals surface area contributed by atoms with Crippen LogP contribution in [0.5, 0.6) is 0 Å². The van der Waals surface area contributed by atoms with Crippen molar-refractivity contribution in [3.8, 4) is 33.4 Å². The molecule has 5 nitrogen and oxygen atoms in total. The first-order valence-electron chi connectivity index (χ1n) is 17.1. The molecule has 0 N–H and O–H groups in total. The maximum Gasteiger partial charge on any atom is 0.159 e. The van der Waals surface area contributed by atoms with Crippen LogP contribution in [0.15, 0.2) is 186 Å². The van der Waals surface area contributed by atoms with Crippen LogP contribution in [0, 0.1) is 0 Å². The Kier molecular flexibility index (Phi) is 7.71. The van der Waals surface area contributed by atoms with E-state index < -0.39 is 0 Å². The average Bonchev–Trinajstić information content (AvgIpc) is 3.21. The standard InChI is InChI=1S/C46H33N5/c1-51-45(38-25-17-32(18-26-38)31-9-3-2-4-10-31)49-44(37-23-19-33(20-24-37)40-15-5-11-35-13-7-29-47-42(35)40)50-46(51)39-27-21-34(22-28-39)41-16-6-12-36-14-8-30-48-43(36)41/h2-30,45H,1H3. The van der Waals surface area contributed by atoms with Crippen LogP contribution < -0.4 is 0 Å². The van der Waals surface area contributed by atoms with Gasteiger partial charge in [0.25, 0.3) is 0 Å². The van der Waals surface area contributed by atoms with Crippen molar-refractivity contribution in [2.45, 2.75) is 6.17 Å². The van der Waals surface area contributed by atoms with Gasteiger partial charge in [0, 0.05) is 52.5 Å². The van der Waals surface area contributed by atoms with E-state index in [0.717, 1.165) is 66.6 Å². The Bertz CT molecular complexity index is 2560. The molecule has 9 rings (SSSR count). The van der Waals surface area contributed by atoms with Crippen LogP contribution in [-0.2, 0) is 0 Å². The van der Waals surface area contributed by atoms with Crippen molar-refractivity contribution >= 4 is 33.5 Å². The number of pyridine rings is 2. The van der Waals surface area contributed by atoms with E-state index in [4.69, 9.17) is 9.98 Å². The number of nitrogens with zero attached hydrogens (tertiary/aromatic N) is 5. The molecule has 5 heteroatoms. The largest absolute Gasteiger partial charge is 0.333 e. The van der Waals surface area contributed by atoms with Crippen molar-refractivity contribution in [1.29, 1.82) is 0 Å². The van der Waals surface area contributed by atoms with E-state index in [2.05, 4.69) is 168 Å². The van der Waals surface area contributed by atoms with Gasteiger partial charge in [0.2, 0.25) is 0 Å². The molecule has 1 aliphatic rings. The zero-order chi connectivity index (χ0) is 34.1. The minimum Gasteiger partial charge on any atom is -0.333 e. The van der Waals surface area contributed by atoms with Crippen molar-refractivity contribution in [2.75, 3.05) is 7.05 Å². The molecule has 6 aromatic carbocycles.